The molecule has 0 saturated heterocycles. The molecule has 3 heteroatoms. The minimum absolute atomic E-state index is 0.593. The number of nitriles is 1. The minimum atomic E-state index is 0.593. The van der Waals surface area contributed by atoms with E-state index in [9.17, 15) is 5.26 Å². The number of hydrogen-bond acceptors (Lipinski definition) is 3. The van der Waals surface area contributed by atoms with E-state index in [2.05, 4.69) is 29.8 Å². The Bertz CT molecular complexity index is 442. The van der Waals surface area contributed by atoms with Crippen molar-refractivity contribution in [2.24, 2.45) is 5.92 Å². The topological polar surface area (TPSA) is 39.9 Å². The highest BCUT2D eigenvalue weighted by Gasteiger charge is 2.24. The van der Waals surface area contributed by atoms with E-state index in [1.807, 2.05) is 12.3 Å². The molecule has 2 rings (SSSR count). The zero-order chi connectivity index (χ0) is 13.7. The van der Waals surface area contributed by atoms with E-state index in [1.54, 1.807) is 6.20 Å². The summed E-state index contributed by atoms with van der Waals surface area (Å²) in [6.45, 7) is 5.53. The Kier molecular flexibility index (Phi) is 4.79. The van der Waals surface area contributed by atoms with Crippen LogP contribution in [0.25, 0.3) is 0 Å². The number of hydrogen-bond donors (Lipinski definition) is 0. The second kappa shape index (κ2) is 6.56. The van der Waals surface area contributed by atoms with Crippen molar-refractivity contribution in [3.8, 4) is 6.07 Å². The normalized spacial score (nSPS) is 15.7. The van der Waals surface area contributed by atoms with E-state index < -0.39 is 0 Å². The molecule has 0 aromatic carbocycles. The van der Waals surface area contributed by atoms with Gasteiger partial charge in [-0.2, -0.15) is 5.26 Å². The van der Waals surface area contributed by atoms with Crippen LogP contribution in [0.15, 0.2) is 18.5 Å². The van der Waals surface area contributed by atoms with Gasteiger partial charge in [0, 0.05) is 18.8 Å². The molecular weight excluding hydrogens is 234 g/mol. The van der Waals surface area contributed by atoms with Gasteiger partial charge in [0.25, 0.3) is 0 Å². The van der Waals surface area contributed by atoms with Crippen molar-refractivity contribution < 1.29 is 0 Å². The van der Waals surface area contributed by atoms with Crippen molar-refractivity contribution in [3.63, 3.8) is 0 Å². The van der Waals surface area contributed by atoms with E-state index in [0.29, 0.717) is 12.0 Å². The minimum Gasteiger partial charge on any atom is -0.366 e. The summed E-state index contributed by atoms with van der Waals surface area (Å²) in [5, 5.41) is 9.28. The summed E-state index contributed by atoms with van der Waals surface area (Å²) in [6.07, 6.45) is 9.84. The van der Waals surface area contributed by atoms with Crippen molar-refractivity contribution in [2.75, 3.05) is 11.4 Å². The molecule has 1 aliphatic carbocycles. The lowest BCUT2D eigenvalue weighted by molar-refractivity contribution is 0.528. The van der Waals surface area contributed by atoms with Gasteiger partial charge >= 0.3 is 0 Å². The van der Waals surface area contributed by atoms with Gasteiger partial charge in [-0.15, -0.1) is 0 Å². The zero-order valence-electron chi connectivity index (χ0n) is 12.0. The van der Waals surface area contributed by atoms with E-state index in [1.165, 1.54) is 25.7 Å². The molecule has 0 atom stereocenters. The summed E-state index contributed by atoms with van der Waals surface area (Å²) in [4.78, 5) is 6.65. The first kappa shape index (κ1) is 13.9. The molecule has 0 bridgehead atoms. The molecule has 0 unspecified atom stereocenters. The van der Waals surface area contributed by atoms with Gasteiger partial charge in [0.05, 0.1) is 17.4 Å². The second-order valence-corrected chi connectivity index (χ2v) is 5.82. The molecule has 0 N–H and O–H groups in total. The predicted molar refractivity (Wildman–Crippen MR) is 78.0 cm³/mol. The summed E-state index contributed by atoms with van der Waals surface area (Å²) >= 11 is 0. The molecule has 3 nitrogen and oxygen atoms in total. The van der Waals surface area contributed by atoms with Gasteiger partial charge < -0.3 is 4.90 Å². The average Bonchev–Trinajstić information content (AvgIpc) is 2.93. The van der Waals surface area contributed by atoms with Crippen LogP contribution in [0.5, 0.6) is 0 Å². The standard InChI is InChI=1S/C16H23N3/c1-13(2)8-10-19(15-5-3-4-6-15)16-12-18-9-7-14(16)11-17/h7,9,12-13,15H,3-6,8,10H2,1-2H3. The van der Waals surface area contributed by atoms with Gasteiger partial charge in [-0.25, -0.2) is 0 Å². The summed E-state index contributed by atoms with van der Waals surface area (Å²) in [7, 11) is 0. The van der Waals surface area contributed by atoms with Gasteiger partial charge in [0.1, 0.15) is 6.07 Å². The fourth-order valence-corrected chi connectivity index (χ4v) is 2.82. The highest BCUT2D eigenvalue weighted by molar-refractivity contribution is 5.58. The van der Waals surface area contributed by atoms with Crippen LogP contribution in [0.3, 0.4) is 0 Å². The third-order valence-corrected chi connectivity index (χ3v) is 3.94. The summed E-state index contributed by atoms with van der Waals surface area (Å²) in [5.74, 6) is 0.686. The van der Waals surface area contributed by atoms with Crippen LogP contribution in [0.2, 0.25) is 0 Å². The van der Waals surface area contributed by atoms with Crippen LogP contribution in [-0.4, -0.2) is 17.6 Å². The fraction of sp³-hybridized carbons (Fsp3) is 0.625. The largest absolute Gasteiger partial charge is 0.366 e. The lowest BCUT2D eigenvalue weighted by Gasteiger charge is -2.32. The van der Waals surface area contributed by atoms with Crippen LogP contribution >= 0.6 is 0 Å². The first-order valence-corrected chi connectivity index (χ1v) is 7.33. The Morgan fingerprint density at radius 3 is 2.79 bits per heavy atom. The molecule has 1 aromatic heterocycles. The van der Waals surface area contributed by atoms with Crippen LogP contribution in [0.1, 0.15) is 51.5 Å². The zero-order valence-corrected chi connectivity index (χ0v) is 12.0. The maximum atomic E-state index is 9.28. The van der Waals surface area contributed by atoms with Crippen LogP contribution in [0.4, 0.5) is 5.69 Å². The van der Waals surface area contributed by atoms with Crippen molar-refractivity contribution in [2.45, 2.75) is 52.0 Å². The molecule has 102 valence electrons. The number of pyridine rings is 1. The van der Waals surface area contributed by atoms with Gasteiger partial charge in [-0.05, 0) is 31.2 Å². The number of nitrogens with zero attached hydrogens (tertiary/aromatic N) is 3. The predicted octanol–water partition coefficient (Wildman–Crippen LogP) is 3.75. The van der Waals surface area contributed by atoms with Gasteiger partial charge in [0.2, 0.25) is 0 Å². The molecule has 1 aromatic rings. The van der Waals surface area contributed by atoms with Gasteiger partial charge in [-0.3, -0.25) is 4.98 Å². The number of rotatable bonds is 5. The third kappa shape index (κ3) is 3.47. The van der Waals surface area contributed by atoms with E-state index >= 15 is 0 Å². The second-order valence-electron chi connectivity index (χ2n) is 5.82. The van der Waals surface area contributed by atoms with E-state index in [4.69, 9.17) is 0 Å². The Hall–Kier alpha value is -1.56. The van der Waals surface area contributed by atoms with Crippen molar-refractivity contribution in [1.82, 2.24) is 4.98 Å². The molecule has 0 spiro atoms. The molecular formula is C16H23N3. The van der Waals surface area contributed by atoms with Crippen LogP contribution in [0, 0.1) is 17.2 Å². The number of aromatic nitrogens is 1. The number of anilines is 1. The molecule has 1 aliphatic rings. The van der Waals surface area contributed by atoms with Crippen LogP contribution < -0.4 is 4.90 Å². The van der Waals surface area contributed by atoms with Crippen molar-refractivity contribution in [3.05, 3.63) is 24.0 Å². The average molecular weight is 257 g/mol. The van der Waals surface area contributed by atoms with E-state index in [0.717, 1.165) is 24.2 Å². The molecule has 19 heavy (non-hydrogen) atoms. The molecule has 0 amide bonds. The lowest BCUT2D eigenvalue weighted by atomic mass is 10.1. The molecule has 1 saturated carbocycles. The van der Waals surface area contributed by atoms with Crippen molar-refractivity contribution >= 4 is 5.69 Å². The maximum Gasteiger partial charge on any atom is 0.101 e. The summed E-state index contributed by atoms with van der Waals surface area (Å²) in [5.41, 5.74) is 1.78. The molecule has 0 radical (unpaired) electrons. The van der Waals surface area contributed by atoms with E-state index in [-0.39, 0.29) is 0 Å². The third-order valence-electron chi connectivity index (χ3n) is 3.94. The fourth-order valence-electron chi connectivity index (χ4n) is 2.82. The highest BCUT2D eigenvalue weighted by atomic mass is 15.2. The Labute approximate surface area is 116 Å². The summed E-state index contributed by atoms with van der Waals surface area (Å²) in [6, 6.07) is 4.72. The van der Waals surface area contributed by atoms with Gasteiger partial charge in [-0.1, -0.05) is 26.7 Å². The molecule has 1 fully saturated rings. The SMILES string of the molecule is CC(C)CCN(c1cnccc1C#N)C1CCCC1. The lowest BCUT2D eigenvalue weighted by Crippen LogP contribution is -2.35. The maximum absolute atomic E-state index is 9.28. The smallest absolute Gasteiger partial charge is 0.101 e. The Balaban J connectivity index is 2.22. The van der Waals surface area contributed by atoms with Gasteiger partial charge in [0.15, 0.2) is 0 Å². The molecule has 0 aliphatic heterocycles. The van der Waals surface area contributed by atoms with Crippen LogP contribution in [-0.2, 0) is 0 Å². The monoisotopic (exact) mass is 257 g/mol. The summed E-state index contributed by atoms with van der Waals surface area (Å²) < 4.78 is 0. The molecule has 1 heterocycles. The Morgan fingerprint density at radius 1 is 1.42 bits per heavy atom. The Morgan fingerprint density at radius 2 is 2.16 bits per heavy atom. The first-order valence-electron chi connectivity index (χ1n) is 7.33. The van der Waals surface area contributed by atoms with Crippen molar-refractivity contribution in [1.29, 1.82) is 5.26 Å². The highest BCUT2D eigenvalue weighted by Crippen LogP contribution is 2.30. The first-order chi connectivity index (χ1) is 9.22. The quantitative estimate of drug-likeness (QED) is 0.806.